The molecule has 132 valence electrons. The number of benzene rings is 1. The van der Waals surface area contributed by atoms with Crippen LogP contribution in [0.25, 0.3) is 21.2 Å². The maximum absolute atomic E-state index is 12.8. The number of aryl methyl sites for hydroxylation is 2. The summed E-state index contributed by atoms with van der Waals surface area (Å²) in [6, 6.07) is 9.34. The quantitative estimate of drug-likeness (QED) is 0.601. The van der Waals surface area contributed by atoms with Crippen LogP contribution < -0.4 is 10.9 Å². The van der Waals surface area contributed by atoms with Gasteiger partial charge in [-0.3, -0.25) is 9.59 Å². The molecule has 26 heavy (non-hydrogen) atoms. The van der Waals surface area contributed by atoms with Crippen molar-refractivity contribution in [2.45, 2.75) is 19.9 Å². The fraction of sp³-hybridized carbons (Fsp3) is 0.211. The van der Waals surface area contributed by atoms with Gasteiger partial charge in [-0.15, -0.1) is 11.3 Å². The third-order valence-electron chi connectivity index (χ3n) is 4.44. The number of thiophene rings is 1. The van der Waals surface area contributed by atoms with Crippen molar-refractivity contribution in [1.82, 2.24) is 14.9 Å². The van der Waals surface area contributed by atoms with Gasteiger partial charge in [0.1, 0.15) is 16.2 Å². The van der Waals surface area contributed by atoms with Gasteiger partial charge in [0.25, 0.3) is 11.5 Å². The molecule has 0 bridgehead atoms. The first kappa shape index (κ1) is 16.5. The Bertz CT molecular complexity index is 1170. The Labute approximate surface area is 153 Å². The molecule has 1 unspecified atom stereocenters. The van der Waals surface area contributed by atoms with E-state index in [0.29, 0.717) is 26.4 Å². The minimum atomic E-state index is -0.296. The lowest BCUT2D eigenvalue weighted by atomic mass is 10.2. The molecular weight excluding hydrogens is 350 g/mol. The molecule has 1 atom stereocenters. The Morgan fingerprint density at radius 1 is 1.35 bits per heavy atom. The number of nitrogens with one attached hydrogen (secondary N) is 1. The molecule has 4 rings (SSSR count). The van der Waals surface area contributed by atoms with Gasteiger partial charge in [0.15, 0.2) is 0 Å². The summed E-state index contributed by atoms with van der Waals surface area (Å²) in [5.74, 6) is 0.452. The Kier molecular flexibility index (Phi) is 3.88. The molecule has 1 amide bonds. The van der Waals surface area contributed by atoms with Crippen molar-refractivity contribution in [3.63, 3.8) is 0 Å². The van der Waals surface area contributed by atoms with Crippen LogP contribution in [-0.2, 0) is 7.05 Å². The van der Waals surface area contributed by atoms with E-state index in [0.717, 1.165) is 11.0 Å². The van der Waals surface area contributed by atoms with Crippen molar-refractivity contribution in [3.8, 4) is 0 Å². The first-order valence-corrected chi connectivity index (χ1v) is 9.01. The normalized spacial score (nSPS) is 12.6. The summed E-state index contributed by atoms with van der Waals surface area (Å²) in [5.41, 5.74) is 1.30. The first-order chi connectivity index (χ1) is 12.5. The minimum absolute atomic E-state index is 0.145. The first-order valence-electron chi connectivity index (χ1n) is 8.19. The van der Waals surface area contributed by atoms with Gasteiger partial charge < -0.3 is 14.3 Å². The highest BCUT2D eigenvalue weighted by Gasteiger charge is 2.21. The largest absolute Gasteiger partial charge is 0.459 e. The minimum Gasteiger partial charge on any atom is -0.459 e. The molecule has 4 aromatic rings. The monoisotopic (exact) mass is 367 g/mol. The predicted octanol–water partition coefficient (Wildman–Crippen LogP) is 3.54. The lowest BCUT2D eigenvalue weighted by molar-refractivity contribution is 0.0939. The Hall–Kier alpha value is -2.93. The van der Waals surface area contributed by atoms with Crippen LogP contribution in [0.5, 0.6) is 0 Å². The van der Waals surface area contributed by atoms with Gasteiger partial charge in [-0.1, -0.05) is 18.2 Å². The van der Waals surface area contributed by atoms with Gasteiger partial charge >= 0.3 is 0 Å². The van der Waals surface area contributed by atoms with Crippen LogP contribution in [0.15, 0.2) is 45.9 Å². The molecule has 0 radical (unpaired) electrons. The second kappa shape index (κ2) is 6.10. The highest BCUT2D eigenvalue weighted by Crippen LogP contribution is 2.28. The van der Waals surface area contributed by atoms with Gasteiger partial charge in [-0.05, 0) is 31.5 Å². The number of hydrogen-bond acceptors (Lipinski definition) is 5. The Morgan fingerprint density at radius 2 is 2.12 bits per heavy atom. The highest BCUT2D eigenvalue weighted by atomic mass is 32.1. The SMILES string of the molecule is Cc1c(C(=O)NC(C)c2cc3ccccc3o2)sc2ncn(C)c(=O)c12. The molecule has 0 spiro atoms. The van der Waals surface area contributed by atoms with E-state index in [9.17, 15) is 9.59 Å². The Morgan fingerprint density at radius 3 is 2.88 bits per heavy atom. The van der Waals surface area contributed by atoms with E-state index in [2.05, 4.69) is 10.3 Å². The summed E-state index contributed by atoms with van der Waals surface area (Å²) in [6.07, 6.45) is 1.47. The summed E-state index contributed by atoms with van der Waals surface area (Å²) in [5, 5.41) is 4.45. The van der Waals surface area contributed by atoms with Crippen molar-refractivity contribution in [2.24, 2.45) is 7.05 Å². The summed E-state index contributed by atoms with van der Waals surface area (Å²) in [6.45, 7) is 3.65. The predicted molar refractivity (Wildman–Crippen MR) is 102 cm³/mol. The fourth-order valence-corrected chi connectivity index (χ4v) is 4.02. The van der Waals surface area contributed by atoms with E-state index in [1.165, 1.54) is 22.2 Å². The van der Waals surface area contributed by atoms with Crippen molar-refractivity contribution in [1.29, 1.82) is 0 Å². The average Bonchev–Trinajstić information content (AvgIpc) is 3.20. The number of carbonyl (C=O) groups is 1. The molecule has 1 aromatic carbocycles. The zero-order chi connectivity index (χ0) is 18.4. The maximum atomic E-state index is 12.8. The zero-order valence-corrected chi connectivity index (χ0v) is 15.4. The number of carbonyl (C=O) groups excluding carboxylic acids is 1. The van der Waals surface area contributed by atoms with E-state index in [1.54, 1.807) is 14.0 Å². The van der Waals surface area contributed by atoms with Crippen molar-refractivity contribution >= 4 is 38.4 Å². The number of nitrogens with zero attached hydrogens (tertiary/aromatic N) is 2. The molecule has 6 nitrogen and oxygen atoms in total. The maximum Gasteiger partial charge on any atom is 0.262 e. The molecule has 3 heterocycles. The lowest BCUT2D eigenvalue weighted by Gasteiger charge is -2.10. The molecule has 0 saturated heterocycles. The van der Waals surface area contributed by atoms with Gasteiger partial charge in [-0.2, -0.15) is 0 Å². The standard InChI is InChI=1S/C19H17N3O3S/c1-10-15-18(20-9-22(3)19(15)24)26-16(10)17(23)21-11(2)14-8-12-6-4-5-7-13(12)25-14/h4-9,11H,1-3H3,(H,21,23). The summed E-state index contributed by atoms with van der Waals surface area (Å²) >= 11 is 1.23. The second-order valence-electron chi connectivity index (χ2n) is 6.28. The number of amides is 1. The van der Waals surface area contributed by atoms with E-state index in [-0.39, 0.29) is 17.5 Å². The van der Waals surface area contributed by atoms with Gasteiger partial charge in [-0.25, -0.2) is 4.98 Å². The molecule has 7 heteroatoms. The van der Waals surface area contributed by atoms with E-state index in [1.807, 2.05) is 37.3 Å². The van der Waals surface area contributed by atoms with Crippen molar-refractivity contribution < 1.29 is 9.21 Å². The van der Waals surface area contributed by atoms with Crippen molar-refractivity contribution in [3.05, 3.63) is 63.2 Å². The number of furan rings is 1. The summed E-state index contributed by atoms with van der Waals surface area (Å²) in [4.78, 5) is 30.4. The molecule has 0 aliphatic heterocycles. The second-order valence-corrected chi connectivity index (χ2v) is 7.28. The molecule has 0 aliphatic rings. The molecule has 0 aliphatic carbocycles. The molecule has 0 fully saturated rings. The summed E-state index contributed by atoms with van der Waals surface area (Å²) < 4.78 is 7.23. The lowest BCUT2D eigenvalue weighted by Crippen LogP contribution is -2.26. The highest BCUT2D eigenvalue weighted by molar-refractivity contribution is 7.20. The van der Waals surface area contributed by atoms with Gasteiger partial charge in [0.2, 0.25) is 0 Å². The topological polar surface area (TPSA) is 77.1 Å². The molecule has 0 saturated carbocycles. The number of fused-ring (bicyclic) bond motifs is 2. The average molecular weight is 367 g/mol. The number of aromatic nitrogens is 2. The molecule has 3 aromatic heterocycles. The summed E-state index contributed by atoms with van der Waals surface area (Å²) in [7, 11) is 1.65. The van der Waals surface area contributed by atoms with Crippen LogP contribution >= 0.6 is 11.3 Å². The van der Waals surface area contributed by atoms with Crippen LogP contribution in [-0.4, -0.2) is 15.5 Å². The molecular formula is C19H17N3O3S. The molecule has 1 N–H and O–H groups in total. The van der Waals surface area contributed by atoms with E-state index >= 15 is 0 Å². The van der Waals surface area contributed by atoms with Gasteiger partial charge in [0.05, 0.1) is 22.6 Å². The number of rotatable bonds is 3. The van der Waals surface area contributed by atoms with Crippen LogP contribution in [0.3, 0.4) is 0 Å². The third-order valence-corrected chi connectivity index (χ3v) is 5.63. The van der Waals surface area contributed by atoms with E-state index < -0.39 is 0 Å². The van der Waals surface area contributed by atoms with Crippen LogP contribution in [0.4, 0.5) is 0 Å². The van der Waals surface area contributed by atoms with Crippen LogP contribution in [0, 0.1) is 6.92 Å². The smallest absolute Gasteiger partial charge is 0.262 e. The zero-order valence-electron chi connectivity index (χ0n) is 14.6. The number of para-hydroxylation sites is 1. The van der Waals surface area contributed by atoms with Crippen LogP contribution in [0.2, 0.25) is 0 Å². The third kappa shape index (κ3) is 2.61. The van der Waals surface area contributed by atoms with Gasteiger partial charge in [0, 0.05) is 12.4 Å². The van der Waals surface area contributed by atoms with Crippen LogP contribution in [0.1, 0.15) is 34.0 Å². The number of hydrogen-bond donors (Lipinski definition) is 1. The van der Waals surface area contributed by atoms with E-state index in [4.69, 9.17) is 4.42 Å². The van der Waals surface area contributed by atoms with Crippen molar-refractivity contribution in [2.75, 3.05) is 0 Å². The fourth-order valence-electron chi connectivity index (χ4n) is 2.97. The Balaban J connectivity index is 1.65.